The standard InChI is InChI=1S/C20H27N5O4S/c1-11-13(17(27)22-12(2)21-11)6-7-16(26)24-18-23-14-8-9-25(10-15(14)30-18)19(28)29-20(3,4)5/h6-10H2,1-5H3,(H,21,22,27)(H,23,24,26). The molecule has 0 aliphatic carbocycles. The molecule has 3 heterocycles. The first-order valence-corrected chi connectivity index (χ1v) is 10.7. The summed E-state index contributed by atoms with van der Waals surface area (Å²) in [6.45, 7) is 9.94. The van der Waals surface area contributed by atoms with E-state index in [9.17, 15) is 14.4 Å². The van der Waals surface area contributed by atoms with Gasteiger partial charge in [0, 0.05) is 35.5 Å². The molecule has 0 bridgehead atoms. The van der Waals surface area contributed by atoms with Crippen molar-refractivity contribution in [2.24, 2.45) is 0 Å². The van der Waals surface area contributed by atoms with Gasteiger partial charge in [0.1, 0.15) is 11.4 Å². The Morgan fingerprint density at radius 3 is 2.67 bits per heavy atom. The zero-order valence-electron chi connectivity index (χ0n) is 17.9. The molecule has 0 aromatic carbocycles. The third kappa shape index (κ3) is 5.44. The van der Waals surface area contributed by atoms with E-state index in [4.69, 9.17) is 4.74 Å². The Morgan fingerprint density at radius 1 is 1.27 bits per heavy atom. The van der Waals surface area contributed by atoms with Crippen LogP contribution < -0.4 is 10.9 Å². The number of anilines is 1. The summed E-state index contributed by atoms with van der Waals surface area (Å²) >= 11 is 1.36. The minimum Gasteiger partial charge on any atom is -0.444 e. The molecule has 1 aliphatic rings. The van der Waals surface area contributed by atoms with Crippen molar-refractivity contribution < 1.29 is 14.3 Å². The Kier molecular flexibility index (Phi) is 6.25. The first-order valence-electron chi connectivity index (χ1n) is 9.84. The van der Waals surface area contributed by atoms with Crippen LogP contribution in [0.2, 0.25) is 0 Å². The fourth-order valence-electron chi connectivity index (χ4n) is 3.20. The Hall–Kier alpha value is -2.75. The molecule has 10 heteroatoms. The third-order valence-corrected chi connectivity index (χ3v) is 5.57. The fourth-order valence-corrected chi connectivity index (χ4v) is 4.24. The molecule has 9 nitrogen and oxygen atoms in total. The van der Waals surface area contributed by atoms with E-state index >= 15 is 0 Å². The van der Waals surface area contributed by atoms with Crippen molar-refractivity contribution in [1.29, 1.82) is 0 Å². The number of carbonyl (C=O) groups excluding carboxylic acids is 2. The average molecular weight is 434 g/mol. The second-order valence-corrected chi connectivity index (χ2v) is 9.39. The number of hydrogen-bond donors (Lipinski definition) is 2. The Balaban J connectivity index is 1.59. The largest absolute Gasteiger partial charge is 0.444 e. The number of hydrogen-bond acceptors (Lipinski definition) is 7. The molecule has 2 N–H and O–H groups in total. The molecule has 2 aromatic heterocycles. The van der Waals surface area contributed by atoms with Crippen LogP contribution in [0.3, 0.4) is 0 Å². The highest BCUT2D eigenvalue weighted by molar-refractivity contribution is 7.15. The molecule has 0 spiro atoms. The van der Waals surface area contributed by atoms with Crippen molar-refractivity contribution in [3.63, 3.8) is 0 Å². The second-order valence-electron chi connectivity index (χ2n) is 8.30. The normalized spacial score (nSPS) is 13.7. The number of carbonyl (C=O) groups is 2. The highest BCUT2D eigenvalue weighted by atomic mass is 32.1. The predicted octanol–water partition coefficient (Wildman–Crippen LogP) is 2.71. The summed E-state index contributed by atoms with van der Waals surface area (Å²) in [5, 5.41) is 3.31. The molecular weight excluding hydrogens is 406 g/mol. The molecule has 0 radical (unpaired) electrons. The van der Waals surface area contributed by atoms with Crippen LogP contribution in [0.15, 0.2) is 4.79 Å². The fraction of sp³-hybridized carbons (Fsp3) is 0.550. The number of nitrogens with one attached hydrogen (secondary N) is 2. The summed E-state index contributed by atoms with van der Waals surface area (Å²) < 4.78 is 5.43. The van der Waals surface area contributed by atoms with E-state index in [0.29, 0.717) is 48.1 Å². The number of aromatic nitrogens is 3. The maximum Gasteiger partial charge on any atom is 0.410 e. The highest BCUT2D eigenvalue weighted by Gasteiger charge is 2.28. The van der Waals surface area contributed by atoms with Gasteiger partial charge < -0.3 is 19.9 Å². The van der Waals surface area contributed by atoms with E-state index in [1.165, 1.54) is 11.3 Å². The summed E-state index contributed by atoms with van der Waals surface area (Å²) in [6.07, 6.45) is 0.727. The van der Waals surface area contributed by atoms with Gasteiger partial charge in [0.25, 0.3) is 5.56 Å². The second kappa shape index (κ2) is 8.55. The number of aryl methyl sites for hydroxylation is 2. The number of H-pyrrole nitrogens is 1. The van der Waals surface area contributed by atoms with Crippen molar-refractivity contribution in [2.75, 3.05) is 11.9 Å². The van der Waals surface area contributed by atoms with Gasteiger partial charge in [0.2, 0.25) is 5.91 Å². The van der Waals surface area contributed by atoms with Crippen LogP contribution in [-0.2, 0) is 28.9 Å². The number of fused-ring (bicyclic) bond motifs is 1. The first kappa shape index (κ1) is 21.9. The van der Waals surface area contributed by atoms with Gasteiger partial charge in [-0.25, -0.2) is 14.8 Å². The summed E-state index contributed by atoms with van der Waals surface area (Å²) in [7, 11) is 0. The van der Waals surface area contributed by atoms with Crippen molar-refractivity contribution in [1.82, 2.24) is 19.9 Å². The lowest BCUT2D eigenvalue weighted by molar-refractivity contribution is -0.116. The van der Waals surface area contributed by atoms with Gasteiger partial charge in [0.05, 0.1) is 12.2 Å². The zero-order valence-corrected chi connectivity index (χ0v) is 18.7. The van der Waals surface area contributed by atoms with Crippen molar-refractivity contribution in [2.45, 2.75) is 66.0 Å². The lowest BCUT2D eigenvalue weighted by Crippen LogP contribution is -2.39. The van der Waals surface area contributed by atoms with Gasteiger partial charge in [-0.15, -0.1) is 0 Å². The third-order valence-electron chi connectivity index (χ3n) is 4.57. The van der Waals surface area contributed by atoms with E-state index < -0.39 is 5.60 Å². The maximum absolute atomic E-state index is 12.4. The molecule has 162 valence electrons. The van der Waals surface area contributed by atoms with Crippen LogP contribution in [0, 0.1) is 13.8 Å². The van der Waals surface area contributed by atoms with Gasteiger partial charge >= 0.3 is 6.09 Å². The minimum absolute atomic E-state index is 0.156. The highest BCUT2D eigenvalue weighted by Crippen LogP contribution is 2.29. The van der Waals surface area contributed by atoms with Crippen molar-refractivity contribution in [3.8, 4) is 0 Å². The Morgan fingerprint density at radius 2 is 2.00 bits per heavy atom. The topological polar surface area (TPSA) is 117 Å². The molecular formula is C20H27N5O4S. The molecule has 30 heavy (non-hydrogen) atoms. The van der Waals surface area contributed by atoms with E-state index in [-0.39, 0.29) is 24.0 Å². The minimum atomic E-state index is -0.544. The molecule has 0 atom stereocenters. The molecule has 2 aromatic rings. The van der Waals surface area contributed by atoms with Crippen molar-refractivity contribution in [3.05, 3.63) is 38.0 Å². The van der Waals surface area contributed by atoms with Gasteiger partial charge in [-0.05, 0) is 41.0 Å². The monoisotopic (exact) mass is 433 g/mol. The van der Waals surface area contributed by atoms with Crippen LogP contribution in [-0.4, -0.2) is 44.0 Å². The number of nitrogens with zero attached hydrogens (tertiary/aromatic N) is 3. The lowest BCUT2D eigenvalue weighted by Gasteiger charge is -2.29. The van der Waals surface area contributed by atoms with Crippen LogP contribution in [0.4, 0.5) is 9.93 Å². The van der Waals surface area contributed by atoms with E-state index in [1.54, 1.807) is 18.7 Å². The molecule has 0 saturated heterocycles. The number of ether oxygens (including phenoxy) is 1. The number of aromatic amines is 1. The van der Waals surface area contributed by atoms with Crippen LogP contribution in [0.5, 0.6) is 0 Å². The summed E-state index contributed by atoms with van der Waals surface area (Å²) in [6, 6.07) is 0. The quantitative estimate of drug-likeness (QED) is 0.766. The van der Waals surface area contributed by atoms with E-state index in [2.05, 4.69) is 20.3 Å². The summed E-state index contributed by atoms with van der Waals surface area (Å²) in [4.78, 5) is 50.7. The SMILES string of the molecule is Cc1nc(C)c(CCC(=O)Nc2nc3c(s2)CN(C(=O)OC(C)(C)C)CC3)c(=O)[nH]1. The van der Waals surface area contributed by atoms with Gasteiger partial charge in [-0.2, -0.15) is 0 Å². The molecule has 2 amide bonds. The molecule has 0 saturated carbocycles. The molecule has 0 fully saturated rings. The van der Waals surface area contributed by atoms with E-state index in [0.717, 1.165) is 10.6 Å². The first-order chi connectivity index (χ1) is 14.0. The Labute approximate surface area is 178 Å². The average Bonchev–Trinajstić information content (AvgIpc) is 3.00. The lowest BCUT2D eigenvalue weighted by atomic mass is 10.1. The van der Waals surface area contributed by atoms with Gasteiger partial charge in [-0.3, -0.25) is 9.59 Å². The number of rotatable bonds is 4. The maximum atomic E-state index is 12.4. The van der Waals surface area contributed by atoms with Gasteiger partial charge in [0.15, 0.2) is 5.13 Å². The zero-order chi connectivity index (χ0) is 22.1. The van der Waals surface area contributed by atoms with Crippen LogP contribution >= 0.6 is 11.3 Å². The number of thiazole rings is 1. The Bertz CT molecular complexity index is 1020. The predicted molar refractivity (Wildman–Crippen MR) is 114 cm³/mol. The van der Waals surface area contributed by atoms with Gasteiger partial charge in [-0.1, -0.05) is 11.3 Å². The number of amides is 2. The molecule has 0 unspecified atom stereocenters. The smallest absolute Gasteiger partial charge is 0.410 e. The van der Waals surface area contributed by atoms with Crippen molar-refractivity contribution >= 4 is 28.5 Å². The van der Waals surface area contributed by atoms with E-state index in [1.807, 2.05) is 20.8 Å². The summed E-state index contributed by atoms with van der Waals surface area (Å²) in [5.41, 5.74) is 1.29. The molecule has 3 rings (SSSR count). The molecule has 1 aliphatic heterocycles. The van der Waals surface area contributed by atoms with Crippen LogP contribution in [0.25, 0.3) is 0 Å². The summed E-state index contributed by atoms with van der Waals surface area (Å²) in [5.74, 6) is 0.337. The van der Waals surface area contributed by atoms with Crippen LogP contribution in [0.1, 0.15) is 54.8 Å².